The molecule has 1 heterocycles. The SMILES string of the molecule is COc1ccccc1C(=O)CCC(=O)Nc1nc(-c2ccccc2)cs1. The number of nitrogens with zero attached hydrogens (tertiary/aromatic N) is 1. The third-order valence-corrected chi connectivity index (χ3v) is 4.56. The van der Waals surface area contributed by atoms with Crippen molar-refractivity contribution in [2.45, 2.75) is 12.8 Å². The van der Waals surface area contributed by atoms with Crippen LogP contribution in [-0.4, -0.2) is 23.8 Å². The lowest BCUT2D eigenvalue weighted by Gasteiger charge is -2.07. The number of carbonyl (C=O) groups is 2. The molecule has 0 aliphatic rings. The summed E-state index contributed by atoms with van der Waals surface area (Å²) in [5, 5.41) is 5.17. The number of Topliss-reactive ketones (excluding diaryl/α,β-unsaturated/α-hetero) is 1. The van der Waals surface area contributed by atoms with E-state index in [0.717, 1.165) is 11.3 Å². The highest BCUT2D eigenvalue weighted by molar-refractivity contribution is 7.14. The average molecular weight is 366 g/mol. The molecule has 0 radical (unpaired) electrons. The van der Waals surface area contributed by atoms with E-state index in [-0.39, 0.29) is 24.5 Å². The molecule has 0 fully saturated rings. The summed E-state index contributed by atoms with van der Waals surface area (Å²) in [5.74, 6) is 0.161. The Kier molecular flexibility index (Phi) is 5.76. The van der Waals surface area contributed by atoms with Crippen LogP contribution in [-0.2, 0) is 4.79 Å². The standard InChI is InChI=1S/C20H18N2O3S/c1-25-18-10-6-5-9-15(18)17(23)11-12-19(24)22-20-21-16(13-26-20)14-7-3-2-4-8-14/h2-10,13H,11-12H2,1H3,(H,21,22,24). The fourth-order valence-corrected chi connectivity index (χ4v) is 3.23. The Hall–Kier alpha value is -2.99. The molecule has 1 amide bonds. The number of thiazole rings is 1. The molecule has 0 bridgehead atoms. The first-order chi connectivity index (χ1) is 12.7. The summed E-state index contributed by atoms with van der Waals surface area (Å²) in [4.78, 5) is 28.8. The van der Waals surface area contributed by atoms with Crippen molar-refractivity contribution in [2.24, 2.45) is 0 Å². The highest BCUT2D eigenvalue weighted by Gasteiger charge is 2.14. The quantitative estimate of drug-likeness (QED) is 0.629. The molecule has 0 atom stereocenters. The molecular formula is C20H18N2O3S. The minimum atomic E-state index is -0.234. The van der Waals surface area contributed by atoms with Gasteiger partial charge in [-0.3, -0.25) is 9.59 Å². The van der Waals surface area contributed by atoms with E-state index in [1.807, 2.05) is 35.7 Å². The fourth-order valence-electron chi connectivity index (χ4n) is 2.49. The molecule has 0 aliphatic carbocycles. The maximum Gasteiger partial charge on any atom is 0.226 e. The molecular weight excluding hydrogens is 348 g/mol. The van der Waals surface area contributed by atoms with E-state index in [0.29, 0.717) is 16.4 Å². The number of hydrogen-bond donors (Lipinski definition) is 1. The normalized spacial score (nSPS) is 10.3. The maximum atomic E-state index is 12.3. The maximum absolute atomic E-state index is 12.3. The van der Waals surface area contributed by atoms with Crippen LogP contribution in [0.1, 0.15) is 23.2 Å². The van der Waals surface area contributed by atoms with Gasteiger partial charge in [-0.2, -0.15) is 0 Å². The monoisotopic (exact) mass is 366 g/mol. The Morgan fingerprint density at radius 1 is 1.04 bits per heavy atom. The van der Waals surface area contributed by atoms with Crippen molar-refractivity contribution < 1.29 is 14.3 Å². The summed E-state index contributed by atoms with van der Waals surface area (Å²) in [7, 11) is 1.52. The lowest BCUT2D eigenvalue weighted by atomic mass is 10.1. The second-order valence-electron chi connectivity index (χ2n) is 5.58. The number of amides is 1. The number of methoxy groups -OCH3 is 1. The van der Waals surface area contributed by atoms with E-state index in [1.54, 1.807) is 24.3 Å². The van der Waals surface area contributed by atoms with Crippen LogP contribution < -0.4 is 10.1 Å². The number of carbonyl (C=O) groups excluding carboxylic acids is 2. The first-order valence-electron chi connectivity index (χ1n) is 8.14. The number of aromatic nitrogens is 1. The van der Waals surface area contributed by atoms with E-state index >= 15 is 0 Å². The van der Waals surface area contributed by atoms with Crippen LogP contribution in [0.2, 0.25) is 0 Å². The number of nitrogens with one attached hydrogen (secondary N) is 1. The number of benzene rings is 2. The summed E-state index contributed by atoms with van der Waals surface area (Å²) in [6.07, 6.45) is 0.209. The van der Waals surface area contributed by atoms with Crippen LogP contribution in [0.15, 0.2) is 60.0 Å². The van der Waals surface area contributed by atoms with Gasteiger partial charge in [0.25, 0.3) is 0 Å². The summed E-state index contributed by atoms with van der Waals surface area (Å²) in [5.41, 5.74) is 2.30. The van der Waals surface area contributed by atoms with Crippen molar-refractivity contribution in [3.8, 4) is 17.0 Å². The van der Waals surface area contributed by atoms with Gasteiger partial charge in [0.2, 0.25) is 5.91 Å². The zero-order chi connectivity index (χ0) is 18.4. The third kappa shape index (κ3) is 4.34. The van der Waals surface area contributed by atoms with Gasteiger partial charge in [0, 0.05) is 23.8 Å². The van der Waals surface area contributed by atoms with Gasteiger partial charge >= 0.3 is 0 Å². The molecule has 26 heavy (non-hydrogen) atoms. The minimum Gasteiger partial charge on any atom is -0.496 e. The van der Waals surface area contributed by atoms with Crippen LogP contribution in [0.25, 0.3) is 11.3 Å². The molecule has 6 heteroatoms. The van der Waals surface area contributed by atoms with Crippen molar-refractivity contribution in [1.82, 2.24) is 4.98 Å². The smallest absolute Gasteiger partial charge is 0.226 e. The van der Waals surface area contributed by atoms with Crippen molar-refractivity contribution >= 4 is 28.2 Å². The number of ketones is 1. The molecule has 3 aromatic rings. The highest BCUT2D eigenvalue weighted by Crippen LogP contribution is 2.25. The van der Waals surface area contributed by atoms with Crippen molar-refractivity contribution in [3.05, 3.63) is 65.5 Å². The lowest BCUT2D eigenvalue weighted by molar-refractivity contribution is -0.116. The first-order valence-corrected chi connectivity index (χ1v) is 9.02. The Balaban J connectivity index is 1.56. The predicted molar refractivity (Wildman–Crippen MR) is 103 cm³/mol. The van der Waals surface area contributed by atoms with Gasteiger partial charge in [0.1, 0.15) is 5.75 Å². The molecule has 0 saturated carbocycles. The van der Waals surface area contributed by atoms with Crippen molar-refractivity contribution in [2.75, 3.05) is 12.4 Å². The van der Waals surface area contributed by atoms with Crippen LogP contribution in [0.3, 0.4) is 0 Å². The zero-order valence-electron chi connectivity index (χ0n) is 14.3. The molecule has 1 N–H and O–H groups in total. The van der Waals surface area contributed by atoms with E-state index in [4.69, 9.17) is 4.74 Å². The predicted octanol–water partition coefficient (Wildman–Crippen LogP) is 4.42. The zero-order valence-corrected chi connectivity index (χ0v) is 15.1. The second kappa shape index (κ2) is 8.40. The summed E-state index contributed by atoms with van der Waals surface area (Å²) >= 11 is 1.36. The van der Waals surface area contributed by atoms with E-state index < -0.39 is 0 Å². The highest BCUT2D eigenvalue weighted by atomic mass is 32.1. The average Bonchev–Trinajstić information content (AvgIpc) is 3.15. The van der Waals surface area contributed by atoms with Crippen molar-refractivity contribution in [3.63, 3.8) is 0 Å². The summed E-state index contributed by atoms with van der Waals surface area (Å²) in [6.45, 7) is 0. The summed E-state index contributed by atoms with van der Waals surface area (Å²) in [6, 6.07) is 16.8. The molecule has 1 aromatic heterocycles. The largest absolute Gasteiger partial charge is 0.496 e. The Morgan fingerprint density at radius 3 is 2.54 bits per heavy atom. The van der Waals surface area contributed by atoms with Crippen LogP contribution in [0, 0.1) is 0 Å². The Morgan fingerprint density at radius 2 is 1.77 bits per heavy atom. The van der Waals surface area contributed by atoms with Gasteiger partial charge in [-0.25, -0.2) is 4.98 Å². The Labute approximate surface area is 155 Å². The fraction of sp³-hybridized carbons (Fsp3) is 0.150. The van der Waals surface area contributed by atoms with E-state index in [1.165, 1.54) is 18.4 Å². The number of para-hydroxylation sites is 1. The molecule has 0 saturated heterocycles. The molecule has 5 nitrogen and oxygen atoms in total. The molecule has 3 rings (SSSR count). The molecule has 0 unspecified atom stereocenters. The number of ether oxygens (including phenoxy) is 1. The third-order valence-electron chi connectivity index (χ3n) is 3.81. The molecule has 132 valence electrons. The number of hydrogen-bond acceptors (Lipinski definition) is 5. The lowest BCUT2D eigenvalue weighted by Crippen LogP contribution is -2.13. The number of rotatable bonds is 7. The van der Waals surface area contributed by atoms with E-state index in [9.17, 15) is 9.59 Å². The van der Waals surface area contributed by atoms with Crippen LogP contribution in [0.4, 0.5) is 5.13 Å². The van der Waals surface area contributed by atoms with Gasteiger partial charge in [-0.1, -0.05) is 42.5 Å². The van der Waals surface area contributed by atoms with Gasteiger partial charge in [0.05, 0.1) is 18.4 Å². The Bertz CT molecular complexity index is 906. The molecule has 2 aromatic carbocycles. The first kappa shape index (κ1) is 17.8. The summed E-state index contributed by atoms with van der Waals surface area (Å²) < 4.78 is 5.18. The van der Waals surface area contributed by atoms with E-state index in [2.05, 4.69) is 10.3 Å². The van der Waals surface area contributed by atoms with Gasteiger partial charge in [0.15, 0.2) is 10.9 Å². The number of anilines is 1. The van der Waals surface area contributed by atoms with Crippen molar-refractivity contribution in [1.29, 1.82) is 0 Å². The van der Waals surface area contributed by atoms with Gasteiger partial charge in [-0.05, 0) is 12.1 Å². The topological polar surface area (TPSA) is 68.3 Å². The molecule has 0 aliphatic heterocycles. The van der Waals surface area contributed by atoms with Crippen LogP contribution >= 0.6 is 11.3 Å². The van der Waals surface area contributed by atoms with Gasteiger partial charge in [-0.15, -0.1) is 11.3 Å². The van der Waals surface area contributed by atoms with Crippen LogP contribution in [0.5, 0.6) is 5.75 Å². The molecule has 0 spiro atoms. The second-order valence-corrected chi connectivity index (χ2v) is 6.43. The minimum absolute atomic E-state index is 0.0944. The van der Waals surface area contributed by atoms with Gasteiger partial charge < -0.3 is 10.1 Å².